The molecule has 1 aromatic carbocycles. The van der Waals surface area contributed by atoms with Crippen LogP contribution in [-0.2, 0) is 6.42 Å². The topological polar surface area (TPSA) is 43.8 Å². The number of aryl methyl sites for hydroxylation is 1. The van der Waals surface area contributed by atoms with Crippen LogP contribution in [0.1, 0.15) is 11.4 Å². The molecule has 2 N–H and O–H groups in total. The van der Waals surface area contributed by atoms with Crippen molar-refractivity contribution in [2.45, 2.75) is 13.3 Å². The molecule has 0 aliphatic carbocycles. The largest absolute Gasteiger partial charge is 0.330 e. The van der Waals surface area contributed by atoms with E-state index in [0.29, 0.717) is 6.54 Å². The van der Waals surface area contributed by atoms with Crippen LogP contribution in [0.25, 0.3) is 5.69 Å². The van der Waals surface area contributed by atoms with Crippen LogP contribution in [0.15, 0.2) is 30.6 Å². The molecule has 2 rings (SSSR count). The molecule has 0 aliphatic rings. The molecular formula is C12H14ClN3. The number of nitrogens with two attached hydrogens (primary N) is 1. The smallest absolute Gasteiger partial charge is 0.114 e. The molecule has 0 bridgehead atoms. The lowest BCUT2D eigenvalue weighted by Gasteiger charge is -2.10. The molecule has 0 aliphatic heterocycles. The second-order valence-corrected chi connectivity index (χ2v) is 4.12. The number of hydrogen-bond donors (Lipinski definition) is 1. The van der Waals surface area contributed by atoms with E-state index in [0.717, 1.165) is 23.0 Å². The van der Waals surface area contributed by atoms with Crippen molar-refractivity contribution in [3.8, 4) is 5.69 Å². The van der Waals surface area contributed by atoms with E-state index in [1.54, 1.807) is 6.20 Å². The molecule has 0 fully saturated rings. The van der Waals surface area contributed by atoms with Crippen molar-refractivity contribution in [3.05, 3.63) is 47.0 Å². The minimum absolute atomic E-state index is 0.594. The lowest BCUT2D eigenvalue weighted by atomic mass is 10.2. The first-order valence-corrected chi connectivity index (χ1v) is 5.59. The summed E-state index contributed by atoms with van der Waals surface area (Å²) in [7, 11) is 0. The first-order chi connectivity index (χ1) is 7.72. The second kappa shape index (κ2) is 4.68. The molecule has 0 radical (unpaired) electrons. The van der Waals surface area contributed by atoms with E-state index < -0.39 is 0 Å². The summed E-state index contributed by atoms with van der Waals surface area (Å²) in [4.78, 5) is 4.29. The number of nitrogens with zero attached hydrogens (tertiary/aromatic N) is 2. The summed E-state index contributed by atoms with van der Waals surface area (Å²) in [6.07, 6.45) is 4.48. The molecule has 4 heteroatoms. The van der Waals surface area contributed by atoms with Crippen molar-refractivity contribution < 1.29 is 0 Å². The summed E-state index contributed by atoms with van der Waals surface area (Å²) in [6, 6.07) is 5.84. The van der Waals surface area contributed by atoms with Gasteiger partial charge in [-0.2, -0.15) is 0 Å². The maximum absolute atomic E-state index is 6.00. The summed E-state index contributed by atoms with van der Waals surface area (Å²) in [5.74, 6) is 0.966. The van der Waals surface area contributed by atoms with E-state index in [1.165, 1.54) is 5.56 Å². The molecule has 1 heterocycles. The van der Waals surface area contributed by atoms with Crippen molar-refractivity contribution in [2.75, 3.05) is 6.54 Å². The minimum Gasteiger partial charge on any atom is -0.330 e. The van der Waals surface area contributed by atoms with Crippen LogP contribution in [-0.4, -0.2) is 16.1 Å². The lowest BCUT2D eigenvalue weighted by Crippen LogP contribution is -2.09. The molecule has 0 unspecified atom stereocenters. The second-order valence-electron chi connectivity index (χ2n) is 3.68. The van der Waals surface area contributed by atoms with Gasteiger partial charge in [0.15, 0.2) is 0 Å². The van der Waals surface area contributed by atoms with E-state index in [1.807, 2.05) is 29.0 Å². The van der Waals surface area contributed by atoms with Gasteiger partial charge in [-0.15, -0.1) is 0 Å². The van der Waals surface area contributed by atoms with Crippen molar-refractivity contribution in [2.24, 2.45) is 5.73 Å². The first kappa shape index (κ1) is 11.2. The predicted molar refractivity (Wildman–Crippen MR) is 66.1 cm³/mol. The number of halogens is 1. The molecule has 16 heavy (non-hydrogen) atoms. The molecule has 84 valence electrons. The number of aromatic nitrogens is 2. The van der Waals surface area contributed by atoms with Gasteiger partial charge in [0.2, 0.25) is 0 Å². The van der Waals surface area contributed by atoms with Crippen LogP contribution in [0.4, 0.5) is 0 Å². The van der Waals surface area contributed by atoms with Crippen LogP contribution >= 0.6 is 11.6 Å². The lowest BCUT2D eigenvalue weighted by molar-refractivity contribution is 0.834. The highest BCUT2D eigenvalue weighted by molar-refractivity contribution is 6.30. The minimum atomic E-state index is 0.594. The van der Waals surface area contributed by atoms with Crippen LogP contribution in [0.3, 0.4) is 0 Å². The van der Waals surface area contributed by atoms with Gasteiger partial charge < -0.3 is 10.3 Å². The fourth-order valence-corrected chi connectivity index (χ4v) is 1.88. The maximum atomic E-state index is 6.00. The molecule has 0 atom stereocenters. The van der Waals surface area contributed by atoms with Gasteiger partial charge in [0.25, 0.3) is 0 Å². The highest BCUT2D eigenvalue weighted by atomic mass is 35.5. The summed E-state index contributed by atoms with van der Waals surface area (Å²) in [5, 5.41) is 0.730. The van der Waals surface area contributed by atoms with Crippen molar-refractivity contribution in [3.63, 3.8) is 0 Å². The Hall–Kier alpha value is -1.32. The third-order valence-corrected chi connectivity index (χ3v) is 2.75. The van der Waals surface area contributed by atoms with Gasteiger partial charge in [-0.3, -0.25) is 0 Å². The molecule has 0 saturated carbocycles. The zero-order valence-electron chi connectivity index (χ0n) is 9.15. The SMILES string of the molecule is Cc1ccc(Cl)cc1-n1ccnc1CCN. The van der Waals surface area contributed by atoms with Gasteiger partial charge in [-0.1, -0.05) is 17.7 Å². The van der Waals surface area contributed by atoms with Crippen molar-refractivity contribution in [1.29, 1.82) is 0 Å². The molecule has 3 nitrogen and oxygen atoms in total. The number of rotatable bonds is 3. The fraction of sp³-hybridized carbons (Fsp3) is 0.250. The number of imidazole rings is 1. The van der Waals surface area contributed by atoms with Crippen molar-refractivity contribution in [1.82, 2.24) is 9.55 Å². The van der Waals surface area contributed by atoms with E-state index >= 15 is 0 Å². The summed E-state index contributed by atoms with van der Waals surface area (Å²) < 4.78 is 2.04. The quantitative estimate of drug-likeness (QED) is 0.888. The van der Waals surface area contributed by atoms with E-state index in [9.17, 15) is 0 Å². The first-order valence-electron chi connectivity index (χ1n) is 5.21. The molecule has 0 saturated heterocycles. The summed E-state index contributed by atoms with van der Waals surface area (Å²) in [6.45, 7) is 2.65. The van der Waals surface area contributed by atoms with E-state index in [4.69, 9.17) is 17.3 Å². The van der Waals surface area contributed by atoms with E-state index in [-0.39, 0.29) is 0 Å². The number of benzene rings is 1. The zero-order chi connectivity index (χ0) is 11.5. The average molecular weight is 236 g/mol. The van der Waals surface area contributed by atoms with Gasteiger partial charge >= 0.3 is 0 Å². The Morgan fingerprint density at radius 3 is 3.00 bits per heavy atom. The van der Waals surface area contributed by atoms with Crippen LogP contribution in [0.2, 0.25) is 5.02 Å². The molecular weight excluding hydrogens is 222 g/mol. The molecule has 0 amide bonds. The van der Waals surface area contributed by atoms with Crippen LogP contribution in [0, 0.1) is 6.92 Å². The highest BCUT2D eigenvalue weighted by Gasteiger charge is 2.07. The highest BCUT2D eigenvalue weighted by Crippen LogP contribution is 2.20. The van der Waals surface area contributed by atoms with Gasteiger partial charge in [0, 0.05) is 23.8 Å². The Labute approximate surface area is 99.9 Å². The van der Waals surface area contributed by atoms with Crippen LogP contribution < -0.4 is 5.73 Å². The maximum Gasteiger partial charge on any atom is 0.114 e. The van der Waals surface area contributed by atoms with Crippen LogP contribution in [0.5, 0.6) is 0 Å². The fourth-order valence-electron chi connectivity index (χ4n) is 1.71. The van der Waals surface area contributed by atoms with Gasteiger partial charge in [0.05, 0.1) is 5.69 Å². The van der Waals surface area contributed by atoms with Gasteiger partial charge in [-0.25, -0.2) is 4.98 Å². The normalized spacial score (nSPS) is 10.7. The number of hydrogen-bond acceptors (Lipinski definition) is 2. The predicted octanol–water partition coefficient (Wildman–Crippen LogP) is 2.34. The van der Waals surface area contributed by atoms with Crippen molar-refractivity contribution >= 4 is 11.6 Å². The Bertz CT molecular complexity index is 491. The Morgan fingerprint density at radius 2 is 2.25 bits per heavy atom. The monoisotopic (exact) mass is 235 g/mol. The average Bonchev–Trinajstić information content (AvgIpc) is 2.70. The molecule has 0 spiro atoms. The Morgan fingerprint density at radius 1 is 1.44 bits per heavy atom. The van der Waals surface area contributed by atoms with Gasteiger partial charge in [-0.05, 0) is 31.2 Å². The molecule has 2 aromatic rings. The third kappa shape index (κ3) is 2.10. The molecule has 1 aromatic heterocycles. The summed E-state index contributed by atoms with van der Waals surface area (Å²) >= 11 is 6.00. The Balaban J connectivity index is 2.49. The van der Waals surface area contributed by atoms with Gasteiger partial charge in [0.1, 0.15) is 5.82 Å². The third-order valence-electron chi connectivity index (χ3n) is 2.52. The van der Waals surface area contributed by atoms with E-state index in [2.05, 4.69) is 11.9 Å². The standard InChI is InChI=1S/C12H14ClN3/c1-9-2-3-10(13)8-11(9)16-7-6-15-12(16)4-5-14/h2-3,6-8H,4-5,14H2,1H3. The zero-order valence-corrected chi connectivity index (χ0v) is 9.91. The summed E-state index contributed by atoms with van der Waals surface area (Å²) in [5.41, 5.74) is 7.79. The Kier molecular flexibility index (Phi) is 3.27.